The van der Waals surface area contributed by atoms with Gasteiger partial charge in [-0.3, -0.25) is 9.69 Å². The molecular weight excluding hydrogens is 490 g/mol. The number of carbonyl (C=O) groups is 1. The highest BCUT2D eigenvalue weighted by atomic mass is 32.1. The number of amides is 1. The monoisotopic (exact) mass is 507 g/mol. The molecule has 1 spiro atoms. The molecular formula is C23H17F4N3O4S. The molecule has 2 aromatic carbocycles. The van der Waals surface area contributed by atoms with E-state index in [-0.39, 0.29) is 18.3 Å². The molecule has 182 valence electrons. The first kappa shape index (κ1) is 23.3. The SMILES string of the molecule is N#Cc1ccc(N2C(=O)C3(CCC3)N(c3ccc4c(c3)OC[C@@H](CO)O4)C2=S)c(F)c1C(F)(F)F. The highest BCUT2D eigenvalue weighted by Gasteiger charge is 2.60. The molecule has 1 amide bonds. The largest absolute Gasteiger partial charge is 0.486 e. The molecule has 2 heterocycles. The molecule has 0 bridgehead atoms. The molecule has 1 N–H and O–H groups in total. The van der Waals surface area contributed by atoms with E-state index in [4.69, 9.17) is 27.0 Å². The van der Waals surface area contributed by atoms with Crippen LogP contribution in [0.4, 0.5) is 28.9 Å². The van der Waals surface area contributed by atoms with Crippen LogP contribution in [-0.4, -0.2) is 41.0 Å². The Bertz CT molecular complexity index is 1290. The van der Waals surface area contributed by atoms with Crippen LogP contribution < -0.4 is 19.3 Å². The number of carbonyl (C=O) groups excluding carboxylic acids is 1. The van der Waals surface area contributed by atoms with Gasteiger partial charge < -0.3 is 19.5 Å². The number of hydrogen-bond acceptors (Lipinski definition) is 6. The number of halogens is 4. The number of fused-ring (bicyclic) bond motifs is 1. The van der Waals surface area contributed by atoms with Crippen LogP contribution >= 0.6 is 12.2 Å². The predicted octanol–water partition coefficient (Wildman–Crippen LogP) is 3.91. The van der Waals surface area contributed by atoms with Crippen LogP contribution in [0.5, 0.6) is 11.5 Å². The molecule has 2 aliphatic heterocycles. The zero-order valence-electron chi connectivity index (χ0n) is 17.9. The lowest BCUT2D eigenvalue weighted by molar-refractivity contribution is -0.140. The van der Waals surface area contributed by atoms with Gasteiger partial charge in [-0.15, -0.1) is 0 Å². The normalized spacial score (nSPS) is 20.7. The van der Waals surface area contributed by atoms with Crippen LogP contribution in [0.25, 0.3) is 0 Å². The first-order valence-corrected chi connectivity index (χ1v) is 11.1. The number of aliphatic hydroxyl groups is 1. The third-order valence-electron chi connectivity index (χ3n) is 6.47. The van der Waals surface area contributed by atoms with Gasteiger partial charge in [-0.25, -0.2) is 4.39 Å². The summed E-state index contributed by atoms with van der Waals surface area (Å²) in [5, 5.41) is 18.2. The van der Waals surface area contributed by atoms with Gasteiger partial charge >= 0.3 is 6.18 Å². The minimum absolute atomic E-state index is 0.101. The fourth-order valence-corrected chi connectivity index (χ4v) is 5.09. The molecule has 1 saturated carbocycles. The van der Waals surface area contributed by atoms with E-state index in [2.05, 4.69) is 0 Å². The van der Waals surface area contributed by atoms with Gasteiger partial charge in [-0.1, -0.05) is 0 Å². The highest BCUT2D eigenvalue weighted by Crippen LogP contribution is 2.50. The summed E-state index contributed by atoms with van der Waals surface area (Å²) in [7, 11) is 0. The van der Waals surface area contributed by atoms with Crippen molar-refractivity contribution in [3.05, 3.63) is 47.3 Å². The summed E-state index contributed by atoms with van der Waals surface area (Å²) in [5.41, 5.74) is -4.04. The third-order valence-corrected chi connectivity index (χ3v) is 6.83. The summed E-state index contributed by atoms with van der Waals surface area (Å²) < 4.78 is 67.2. The minimum Gasteiger partial charge on any atom is -0.486 e. The van der Waals surface area contributed by atoms with Gasteiger partial charge in [-0.05, 0) is 55.7 Å². The van der Waals surface area contributed by atoms with E-state index in [0.717, 1.165) is 17.0 Å². The van der Waals surface area contributed by atoms with Crippen molar-refractivity contribution in [2.24, 2.45) is 0 Å². The van der Waals surface area contributed by atoms with E-state index in [1.807, 2.05) is 0 Å². The molecule has 0 unspecified atom stereocenters. The van der Waals surface area contributed by atoms with Crippen LogP contribution in [0.2, 0.25) is 0 Å². The third kappa shape index (κ3) is 3.41. The maximum atomic E-state index is 15.2. The Hall–Kier alpha value is -3.43. The molecule has 1 saturated heterocycles. The summed E-state index contributed by atoms with van der Waals surface area (Å²) in [4.78, 5) is 15.8. The Balaban J connectivity index is 1.59. The zero-order chi connectivity index (χ0) is 25.1. The molecule has 7 nitrogen and oxygen atoms in total. The van der Waals surface area contributed by atoms with Gasteiger partial charge in [-0.2, -0.15) is 18.4 Å². The molecule has 5 rings (SSSR count). The molecule has 12 heteroatoms. The van der Waals surface area contributed by atoms with Crippen molar-refractivity contribution in [1.29, 1.82) is 5.26 Å². The van der Waals surface area contributed by atoms with Crippen molar-refractivity contribution in [2.45, 2.75) is 37.1 Å². The molecule has 0 aromatic heterocycles. The molecule has 2 fully saturated rings. The maximum absolute atomic E-state index is 15.2. The number of nitriles is 1. The van der Waals surface area contributed by atoms with E-state index >= 15 is 4.39 Å². The number of thiocarbonyl (C=S) groups is 1. The lowest BCUT2D eigenvalue weighted by Crippen LogP contribution is -2.55. The second kappa shape index (κ2) is 8.07. The fraction of sp³-hybridized carbons (Fsp3) is 0.348. The predicted molar refractivity (Wildman–Crippen MR) is 119 cm³/mol. The second-order valence-electron chi connectivity index (χ2n) is 8.44. The second-order valence-corrected chi connectivity index (χ2v) is 8.80. The number of anilines is 2. The van der Waals surface area contributed by atoms with E-state index in [1.165, 1.54) is 11.0 Å². The number of aliphatic hydroxyl groups excluding tert-OH is 1. The van der Waals surface area contributed by atoms with Gasteiger partial charge in [0.1, 0.15) is 17.7 Å². The van der Waals surface area contributed by atoms with Crippen molar-refractivity contribution in [3.8, 4) is 17.6 Å². The number of benzene rings is 2. The minimum atomic E-state index is -5.15. The van der Waals surface area contributed by atoms with Gasteiger partial charge in [0, 0.05) is 11.8 Å². The topological polar surface area (TPSA) is 86.0 Å². The summed E-state index contributed by atoms with van der Waals surface area (Å²) in [6.07, 6.45) is -4.27. The molecule has 3 aliphatic rings. The standard InChI is InChI=1S/C23H17F4N3O4S/c24-19-15(4-2-12(9-28)18(19)23(25,26)27)29-20(32)22(6-1-7-22)30(21(29)35)13-3-5-16-17(8-13)33-11-14(10-31)34-16/h2-5,8,14,31H,1,6-7,10-11H2/t14-/m1/s1. The number of rotatable bonds is 3. The van der Waals surface area contributed by atoms with E-state index < -0.39 is 46.4 Å². The quantitative estimate of drug-likeness (QED) is 0.498. The van der Waals surface area contributed by atoms with Crippen LogP contribution in [0.15, 0.2) is 30.3 Å². The van der Waals surface area contributed by atoms with E-state index in [0.29, 0.717) is 36.4 Å². The van der Waals surface area contributed by atoms with Gasteiger partial charge in [0.05, 0.1) is 23.9 Å². The van der Waals surface area contributed by atoms with Crippen molar-refractivity contribution in [2.75, 3.05) is 23.0 Å². The molecule has 35 heavy (non-hydrogen) atoms. The Morgan fingerprint density at radius 1 is 1.23 bits per heavy atom. The van der Waals surface area contributed by atoms with Crippen molar-refractivity contribution in [1.82, 2.24) is 0 Å². The lowest BCUT2D eigenvalue weighted by Gasteiger charge is -2.43. The van der Waals surface area contributed by atoms with Crippen molar-refractivity contribution in [3.63, 3.8) is 0 Å². The van der Waals surface area contributed by atoms with Crippen molar-refractivity contribution >= 4 is 34.6 Å². The molecule has 1 aliphatic carbocycles. The first-order chi connectivity index (χ1) is 16.6. The Kier molecular flexibility index (Phi) is 5.37. The Labute approximate surface area is 202 Å². The number of alkyl halides is 3. The van der Waals surface area contributed by atoms with E-state index in [9.17, 15) is 23.1 Å². The van der Waals surface area contributed by atoms with Gasteiger partial charge in [0.2, 0.25) is 0 Å². The fourth-order valence-electron chi connectivity index (χ4n) is 4.63. The number of nitrogens with zero attached hydrogens (tertiary/aromatic N) is 3. The summed E-state index contributed by atoms with van der Waals surface area (Å²) in [5.74, 6) is -1.65. The van der Waals surface area contributed by atoms with Gasteiger partial charge in [0.15, 0.2) is 28.5 Å². The highest BCUT2D eigenvalue weighted by molar-refractivity contribution is 7.81. The average Bonchev–Trinajstić information content (AvgIpc) is 3.04. The van der Waals surface area contributed by atoms with Crippen LogP contribution in [0.1, 0.15) is 30.4 Å². The Morgan fingerprint density at radius 3 is 2.57 bits per heavy atom. The summed E-state index contributed by atoms with van der Waals surface area (Å²) in [6.45, 7) is -0.135. The van der Waals surface area contributed by atoms with Crippen molar-refractivity contribution < 1.29 is 36.9 Å². The maximum Gasteiger partial charge on any atom is 0.420 e. The number of ether oxygens (including phenoxy) is 2. The molecule has 1 atom stereocenters. The van der Waals surface area contributed by atoms with Gasteiger partial charge in [0.25, 0.3) is 5.91 Å². The molecule has 2 aromatic rings. The number of hydrogen-bond donors (Lipinski definition) is 1. The summed E-state index contributed by atoms with van der Waals surface area (Å²) in [6, 6.07) is 7.91. The first-order valence-electron chi connectivity index (χ1n) is 10.7. The van der Waals surface area contributed by atoms with Crippen LogP contribution in [-0.2, 0) is 11.0 Å². The Morgan fingerprint density at radius 2 is 1.97 bits per heavy atom. The van der Waals surface area contributed by atoms with Crippen LogP contribution in [0.3, 0.4) is 0 Å². The smallest absolute Gasteiger partial charge is 0.420 e. The molecule has 0 radical (unpaired) electrons. The summed E-state index contributed by atoms with van der Waals surface area (Å²) >= 11 is 5.51. The lowest BCUT2D eigenvalue weighted by atomic mass is 9.75. The van der Waals surface area contributed by atoms with Crippen LogP contribution in [0, 0.1) is 17.1 Å². The zero-order valence-corrected chi connectivity index (χ0v) is 18.7. The van der Waals surface area contributed by atoms with E-state index in [1.54, 1.807) is 18.2 Å². The average molecular weight is 507 g/mol.